The first kappa shape index (κ1) is 35.2. The molecule has 2 heterocycles. The molecule has 0 spiro atoms. The van der Waals surface area contributed by atoms with Crippen molar-refractivity contribution in [3.05, 3.63) is 231 Å². The molecule has 10 aromatic carbocycles. The lowest BCUT2D eigenvalue weighted by atomic mass is 9.97. The Morgan fingerprint density at radius 3 is 1.72 bits per heavy atom. The minimum atomic E-state index is 1.11. The van der Waals surface area contributed by atoms with Gasteiger partial charge in [-0.05, 0) is 123 Å². The van der Waals surface area contributed by atoms with Crippen LogP contribution in [0.1, 0.15) is 0 Å². The summed E-state index contributed by atoms with van der Waals surface area (Å²) >= 11 is 1.88. The molecule has 0 bridgehead atoms. The Morgan fingerprint density at radius 2 is 0.902 bits per heavy atom. The second-order valence-electron chi connectivity index (χ2n) is 15.7. The molecular formula is C58H38N2S. The average molecular weight is 795 g/mol. The molecule has 0 saturated heterocycles. The summed E-state index contributed by atoms with van der Waals surface area (Å²) < 4.78 is 5.01. The van der Waals surface area contributed by atoms with Gasteiger partial charge in [-0.1, -0.05) is 152 Å². The standard InChI is InChI=1S/C58H38N2S/c1-3-13-39(14-4-1)40-25-29-47(30-26-40)59(49-31-34-57-54(38-49)52-32-27-41-15-7-8-22-50(41)58(52)61-57)48-21-12-18-44(36-48)42-16-11-17-43(35-42)45-28-33-56-53(37-45)51-23-9-10-24-55(51)60(56)46-19-5-2-6-20-46/h1-38H. The molecule has 12 aromatic rings. The van der Waals surface area contributed by atoms with Crippen LogP contribution >= 0.6 is 11.3 Å². The van der Waals surface area contributed by atoms with Crippen molar-refractivity contribution in [1.82, 2.24) is 4.57 Å². The van der Waals surface area contributed by atoms with E-state index in [9.17, 15) is 0 Å². The van der Waals surface area contributed by atoms with Crippen molar-refractivity contribution in [1.29, 1.82) is 0 Å². The number of para-hydroxylation sites is 2. The molecule has 0 atom stereocenters. The fourth-order valence-electron chi connectivity index (χ4n) is 9.22. The van der Waals surface area contributed by atoms with E-state index in [-0.39, 0.29) is 0 Å². The van der Waals surface area contributed by atoms with Gasteiger partial charge in [0.25, 0.3) is 0 Å². The molecule has 3 heteroatoms. The highest BCUT2D eigenvalue weighted by molar-refractivity contribution is 7.26. The monoisotopic (exact) mass is 794 g/mol. The van der Waals surface area contributed by atoms with Crippen molar-refractivity contribution < 1.29 is 0 Å². The van der Waals surface area contributed by atoms with Gasteiger partial charge in [-0.15, -0.1) is 11.3 Å². The van der Waals surface area contributed by atoms with Crippen LogP contribution in [-0.2, 0) is 0 Å². The first-order valence-corrected chi connectivity index (χ1v) is 21.6. The van der Waals surface area contributed by atoms with Gasteiger partial charge in [0.1, 0.15) is 0 Å². The lowest BCUT2D eigenvalue weighted by molar-refractivity contribution is 1.18. The van der Waals surface area contributed by atoms with Crippen molar-refractivity contribution in [2.75, 3.05) is 4.90 Å². The summed E-state index contributed by atoms with van der Waals surface area (Å²) in [6, 6.07) is 84.1. The molecule has 2 aromatic heterocycles. The predicted octanol–water partition coefficient (Wildman–Crippen LogP) is 16.8. The molecule has 0 amide bonds. The molecule has 61 heavy (non-hydrogen) atoms. The molecule has 0 aliphatic carbocycles. The second kappa shape index (κ2) is 14.5. The highest BCUT2D eigenvalue weighted by atomic mass is 32.1. The van der Waals surface area contributed by atoms with E-state index in [0.29, 0.717) is 0 Å². The van der Waals surface area contributed by atoms with Crippen molar-refractivity contribution in [2.24, 2.45) is 0 Å². The number of aromatic nitrogens is 1. The normalized spacial score (nSPS) is 11.6. The van der Waals surface area contributed by atoms with Crippen LogP contribution in [-0.4, -0.2) is 4.57 Å². The largest absolute Gasteiger partial charge is 0.310 e. The molecule has 2 nitrogen and oxygen atoms in total. The second-order valence-corrected chi connectivity index (χ2v) is 16.8. The molecule has 0 unspecified atom stereocenters. The smallest absolute Gasteiger partial charge is 0.0541 e. The van der Waals surface area contributed by atoms with Crippen LogP contribution in [0, 0.1) is 0 Å². The van der Waals surface area contributed by atoms with E-state index in [0.717, 1.165) is 17.1 Å². The molecule has 12 rings (SSSR count). The number of anilines is 3. The van der Waals surface area contributed by atoms with E-state index in [2.05, 4.69) is 240 Å². The predicted molar refractivity (Wildman–Crippen MR) is 262 cm³/mol. The maximum Gasteiger partial charge on any atom is 0.0541 e. The van der Waals surface area contributed by atoms with Crippen molar-refractivity contribution in [3.63, 3.8) is 0 Å². The Balaban J connectivity index is 0.965. The maximum absolute atomic E-state index is 2.41. The summed E-state index contributed by atoms with van der Waals surface area (Å²) in [5.41, 5.74) is 14.1. The number of benzene rings is 10. The third-order valence-electron chi connectivity index (χ3n) is 12.2. The Morgan fingerprint density at radius 1 is 0.311 bits per heavy atom. The number of hydrogen-bond acceptors (Lipinski definition) is 2. The third-order valence-corrected chi connectivity index (χ3v) is 13.4. The summed E-state index contributed by atoms with van der Waals surface area (Å²) in [5.74, 6) is 0. The number of fused-ring (bicyclic) bond motifs is 8. The van der Waals surface area contributed by atoms with Gasteiger partial charge in [-0.2, -0.15) is 0 Å². The van der Waals surface area contributed by atoms with Gasteiger partial charge in [-0.25, -0.2) is 0 Å². The number of rotatable bonds is 7. The summed E-state index contributed by atoms with van der Waals surface area (Å²) in [7, 11) is 0. The van der Waals surface area contributed by atoms with Crippen LogP contribution in [0.15, 0.2) is 231 Å². The summed E-state index contributed by atoms with van der Waals surface area (Å²) in [5, 5.41) is 7.67. The lowest BCUT2D eigenvalue weighted by Gasteiger charge is -2.26. The highest BCUT2D eigenvalue weighted by Gasteiger charge is 2.18. The van der Waals surface area contributed by atoms with Crippen molar-refractivity contribution >= 4 is 81.1 Å². The number of nitrogens with zero attached hydrogens (tertiary/aromatic N) is 2. The Bertz CT molecular complexity index is 3580. The minimum Gasteiger partial charge on any atom is -0.310 e. The fraction of sp³-hybridized carbons (Fsp3) is 0. The van der Waals surface area contributed by atoms with Crippen LogP contribution < -0.4 is 4.90 Å². The molecule has 0 saturated carbocycles. The van der Waals surface area contributed by atoms with E-state index in [1.54, 1.807) is 0 Å². The van der Waals surface area contributed by atoms with Crippen LogP contribution in [0.5, 0.6) is 0 Å². The van der Waals surface area contributed by atoms with Crippen LogP contribution in [0.3, 0.4) is 0 Å². The van der Waals surface area contributed by atoms with Gasteiger partial charge in [0.2, 0.25) is 0 Å². The van der Waals surface area contributed by atoms with E-state index in [4.69, 9.17) is 0 Å². The van der Waals surface area contributed by atoms with Crippen molar-refractivity contribution in [3.8, 4) is 39.1 Å². The molecule has 0 aliphatic rings. The first-order chi connectivity index (χ1) is 30.2. The van der Waals surface area contributed by atoms with Gasteiger partial charge in [0.05, 0.1) is 11.0 Å². The summed E-state index contributed by atoms with van der Waals surface area (Å²) in [6.45, 7) is 0. The van der Waals surface area contributed by atoms with Gasteiger partial charge in [0, 0.05) is 53.7 Å². The lowest BCUT2D eigenvalue weighted by Crippen LogP contribution is -2.10. The van der Waals surface area contributed by atoms with E-state index >= 15 is 0 Å². The van der Waals surface area contributed by atoms with Crippen LogP contribution in [0.4, 0.5) is 17.1 Å². The number of thiophene rings is 1. The van der Waals surface area contributed by atoms with E-state index < -0.39 is 0 Å². The zero-order valence-corrected chi connectivity index (χ0v) is 34.1. The average Bonchev–Trinajstić information content (AvgIpc) is 3.88. The molecule has 286 valence electrons. The van der Waals surface area contributed by atoms with Crippen LogP contribution in [0.2, 0.25) is 0 Å². The molecular weight excluding hydrogens is 757 g/mol. The molecule has 0 fully saturated rings. The van der Waals surface area contributed by atoms with Crippen LogP contribution in [0.25, 0.3) is 91.8 Å². The Hall–Kier alpha value is -7.72. The SMILES string of the molecule is c1ccc(-c2ccc(N(c3cccc(-c4cccc(-c5ccc6c(c5)c5ccccc5n6-c5ccccc5)c4)c3)c3ccc4sc5c6ccccc6ccc5c4c3)cc2)cc1. The molecule has 0 radical (unpaired) electrons. The van der Waals surface area contributed by atoms with E-state index in [1.165, 1.54) is 91.8 Å². The van der Waals surface area contributed by atoms with Gasteiger partial charge >= 0.3 is 0 Å². The zero-order valence-electron chi connectivity index (χ0n) is 33.2. The van der Waals surface area contributed by atoms with Crippen molar-refractivity contribution in [2.45, 2.75) is 0 Å². The maximum atomic E-state index is 2.41. The first-order valence-electron chi connectivity index (χ1n) is 20.8. The molecule has 0 N–H and O–H groups in total. The fourth-order valence-corrected chi connectivity index (χ4v) is 10.4. The van der Waals surface area contributed by atoms with Gasteiger partial charge in [-0.3, -0.25) is 0 Å². The Labute approximate surface area is 358 Å². The topological polar surface area (TPSA) is 8.17 Å². The number of hydrogen-bond donors (Lipinski definition) is 0. The zero-order chi connectivity index (χ0) is 40.3. The highest BCUT2D eigenvalue weighted by Crippen LogP contribution is 2.44. The molecule has 0 aliphatic heterocycles. The van der Waals surface area contributed by atoms with Gasteiger partial charge in [0.15, 0.2) is 0 Å². The Kier molecular flexibility index (Phi) is 8.39. The summed E-state index contributed by atoms with van der Waals surface area (Å²) in [6.07, 6.45) is 0. The van der Waals surface area contributed by atoms with Gasteiger partial charge < -0.3 is 9.47 Å². The summed E-state index contributed by atoms with van der Waals surface area (Å²) in [4.78, 5) is 2.41. The quantitative estimate of drug-likeness (QED) is 0.156. The third kappa shape index (κ3) is 6.09. The minimum absolute atomic E-state index is 1.11. The van der Waals surface area contributed by atoms with E-state index in [1.807, 2.05) is 11.3 Å².